The Balaban J connectivity index is 1.21. The number of aryl methyl sites for hydroxylation is 2. The van der Waals surface area contributed by atoms with Crippen LogP contribution >= 0.6 is 11.6 Å². The van der Waals surface area contributed by atoms with E-state index in [2.05, 4.69) is 21.5 Å². The number of anilines is 1. The number of rotatable bonds is 6. The van der Waals surface area contributed by atoms with Crippen molar-refractivity contribution in [1.82, 2.24) is 20.1 Å². The molecule has 8 nitrogen and oxygen atoms in total. The van der Waals surface area contributed by atoms with E-state index in [1.165, 1.54) is 0 Å². The van der Waals surface area contributed by atoms with Gasteiger partial charge in [-0.2, -0.15) is 10.4 Å². The van der Waals surface area contributed by atoms with E-state index >= 15 is 0 Å². The third-order valence-electron chi connectivity index (χ3n) is 7.54. The zero-order chi connectivity index (χ0) is 26.3. The summed E-state index contributed by atoms with van der Waals surface area (Å²) in [6.45, 7) is 4.65. The van der Waals surface area contributed by atoms with Gasteiger partial charge in [0.1, 0.15) is 11.5 Å². The van der Waals surface area contributed by atoms with Gasteiger partial charge >= 0.3 is 0 Å². The lowest BCUT2D eigenvalue weighted by Crippen LogP contribution is -2.44. The molecule has 1 unspecified atom stereocenters. The molecule has 1 atom stereocenters. The molecule has 1 aliphatic heterocycles. The molecule has 3 heterocycles. The Morgan fingerprint density at radius 3 is 2.73 bits per heavy atom. The minimum atomic E-state index is -0.164. The van der Waals surface area contributed by atoms with Crippen LogP contribution in [0, 0.1) is 24.2 Å². The number of aromatic nitrogens is 3. The van der Waals surface area contributed by atoms with Gasteiger partial charge < -0.3 is 5.32 Å². The van der Waals surface area contributed by atoms with Gasteiger partial charge in [0, 0.05) is 43.2 Å². The first-order chi connectivity index (χ1) is 17.7. The average Bonchev–Trinajstić information content (AvgIpc) is 3.38. The van der Waals surface area contributed by atoms with Crippen LogP contribution in [0.3, 0.4) is 0 Å². The number of benzene rings is 1. The number of pyridine rings is 1. The zero-order valence-electron chi connectivity index (χ0n) is 21.2. The van der Waals surface area contributed by atoms with Crippen LogP contribution in [0.1, 0.15) is 70.5 Å². The van der Waals surface area contributed by atoms with E-state index < -0.39 is 0 Å². The minimum absolute atomic E-state index is 0.0383. The molecule has 3 aromatic rings. The van der Waals surface area contributed by atoms with Gasteiger partial charge in [0.2, 0.25) is 5.91 Å². The highest BCUT2D eigenvalue weighted by molar-refractivity contribution is 6.30. The summed E-state index contributed by atoms with van der Waals surface area (Å²) in [7, 11) is 1.77. The molecule has 2 aliphatic rings. The predicted molar refractivity (Wildman–Crippen MR) is 141 cm³/mol. The summed E-state index contributed by atoms with van der Waals surface area (Å²) < 4.78 is 1.60. The summed E-state index contributed by atoms with van der Waals surface area (Å²) in [5, 5.41) is 17.6. The summed E-state index contributed by atoms with van der Waals surface area (Å²) in [6.07, 6.45) is 4.72. The van der Waals surface area contributed by atoms with Gasteiger partial charge in [0.25, 0.3) is 5.91 Å². The Morgan fingerprint density at radius 1 is 1.27 bits per heavy atom. The van der Waals surface area contributed by atoms with E-state index in [9.17, 15) is 14.9 Å². The van der Waals surface area contributed by atoms with Crippen molar-refractivity contribution in [3.63, 3.8) is 0 Å². The smallest absolute Gasteiger partial charge is 0.269 e. The minimum Gasteiger partial charge on any atom is -0.348 e. The monoisotopic (exact) mass is 516 g/mol. The summed E-state index contributed by atoms with van der Waals surface area (Å²) in [5.41, 5.74) is 4.90. The normalized spacial score (nSPS) is 21.0. The molecule has 0 radical (unpaired) electrons. The van der Waals surface area contributed by atoms with Crippen LogP contribution in [0.5, 0.6) is 0 Å². The molecule has 2 fully saturated rings. The van der Waals surface area contributed by atoms with E-state index in [0.29, 0.717) is 35.1 Å². The lowest BCUT2D eigenvalue weighted by Gasteiger charge is -2.36. The Bertz CT molecular complexity index is 1420. The second-order valence-corrected chi connectivity index (χ2v) is 10.6. The molecule has 2 amide bonds. The molecule has 1 N–H and O–H groups in total. The van der Waals surface area contributed by atoms with Crippen LogP contribution in [0.2, 0.25) is 5.02 Å². The molecular weight excluding hydrogens is 488 g/mol. The first-order valence-electron chi connectivity index (χ1n) is 12.5. The Kier molecular flexibility index (Phi) is 6.74. The molecule has 190 valence electrons. The van der Waals surface area contributed by atoms with Crippen LogP contribution in [-0.2, 0) is 18.3 Å². The number of halogens is 1. The van der Waals surface area contributed by atoms with Crippen LogP contribution in [0.25, 0.3) is 0 Å². The van der Waals surface area contributed by atoms with E-state index in [1.807, 2.05) is 32.0 Å². The number of hydrogen-bond acceptors (Lipinski definition) is 5. The largest absolute Gasteiger partial charge is 0.348 e. The second kappa shape index (κ2) is 9.98. The number of nitrogens with zero attached hydrogens (tertiary/aromatic N) is 5. The van der Waals surface area contributed by atoms with Crippen molar-refractivity contribution >= 4 is 29.2 Å². The van der Waals surface area contributed by atoms with Crippen LogP contribution < -0.4 is 10.2 Å². The van der Waals surface area contributed by atoms with Crippen molar-refractivity contribution in [1.29, 1.82) is 5.26 Å². The van der Waals surface area contributed by atoms with Crippen molar-refractivity contribution in [2.24, 2.45) is 13.0 Å². The molecular formula is C28H29ClN6O2. The molecule has 2 aromatic heterocycles. The fourth-order valence-electron chi connectivity index (χ4n) is 5.19. The fourth-order valence-corrected chi connectivity index (χ4v) is 5.38. The van der Waals surface area contributed by atoms with Crippen molar-refractivity contribution in [3.05, 3.63) is 75.2 Å². The number of carbonyl (C=O) groups is 2. The molecule has 9 heteroatoms. The lowest BCUT2D eigenvalue weighted by atomic mass is 9.74. The van der Waals surface area contributed by atoms with Crippen LogP contribution in [0.4, 0.5) is 5.82 Å². The standard InChI is InChI=1S/C28H29ClN6O2/c1-16-6-7-35(28(16)37)26-8-17(2)20(15-31-26)11-23-13-25(34(3)33-23)27(36)32-22-9-19(10-22)24-12-21(29)5-4-18(24)14-30/h4-5,8,12-13,15-16,19,22H,6-7,9-11H2,1-3H3,(H,32,36). The summed E-state index contributed by atoms with van der Waals surface area (Å²) in [4.78, 5) is 31.6. The van der Waals surface area contributed by atoms with Gasteiger partial charge in [-0.3, -0.25) is 19.2 Å². The average molecular weight is 517 g/mol. The summed E-state index contributed by atoms with van der Waals surface area (Å²) in [5.74, 6) is 0.894. The van der Waals surface area contributed by atoms with Gasteiger partial charge in [-0.15, -0.1) is 0 Å². The van der Waals surface area contributed by atoms with Crippen LogP contribution in [-0.4, -0.2) is 39.2 Å². The molecule has 1 aliphatic carbocycles. The number of carbonyl (C=O) groups excluding carboxylic acids is 2. The summed E-state index contributed by atoms with van der Waals surface area (Å²) >= 11 is 6.13. The number of nitrogens with one attached hydrogen (secondary N) is 1. The molecule has 37 heavy (non-hydrogen) atoms. The maximum absolute atomic E-state index is 13.0. The maximum atomic E-state index is 13.0. The zero-order valence-corrected chi connectivity index (χ0v) is 21.9. The van der Waals surface area contributed by atoms with Crippen molar-refractivity contribution in [2.75, 3.05) is 11.4 Å². The molecule has 1 saturated carbocycles. The van der Waals surface area contributed by atoms with Gasteiger partial charge in [-0.1, -0.05) is 18.5 Å². The molecule has 1 saturated heterocycles. The predicted octanol–water partition coefficient (Wildman–Crippen LogP) is 4.29. The van der Waals surface area contributed by atoms with E-state index in [1.54, 1.807) is 35.0 Å². The third-order valence-corrected chi connectivity index (χ3v) is 7.77. The molecule has 0 bridgehead atoms. The van der Waals surface area contributed by atoms with Crippen molar-refractivity contribution < 1.29 is 9.59 Å². The third kappa shape index (κ3) is 4.96. The Labute approximate surface area is 221 Å². The topological polar surface area (TPSA) is 104 Å². The van der Waals surface area contributed by atoms with Gasteiger partial charge in [0.15, 0.2) is 0 Å². The second-order valence-electron chi connectivity index (χ2n) is 10.2. The fraction of sp³-hybridized carbons (Fsp3) is 0.393. The first kappa shape index (κ1) is 25.0. The number of amides is 2. The molecule has 0 spiro atoms. The van der Waals surface area contributed by atoms with Gasteiger partial charge in [-0.25, -0.2) is 4.98 Å². The van der Waals surface area contributed by atoms with E-state index in [-0.39, 0.29) is 29.7 Å². The number of hydrogen-bond donors (Lipinski definition) is 1. The van der Waals surface area contributed by atoms with Gasteiger partial charge in [-0.05, 0) is 79.1 Å². The summed E-state index contributed by atoms with van der Waals surface area (Å²) in [6, 6.07) is 11.4. The highest BCUT2D eigenvalue weighted by atomic mass is 35.5. The Hall–Kier alpha value is -3.70. The SMILES string of the molecule is Cc1cc(N2CCC(C)C2=O)ncc1Cc1cc(C(=O)NC2CC(c3cc(Cl)ccc3C#N)C2)n(C)n1. The van der Waals surface area contributed by atoms with E-state index in [0.717, 1.165) is 41.6 Å². The van der Waals surface area contributed by atoms with E-state index in [4.69, 9.17) is 11.6 Å². The lowest BCUT2D eigenvalue weighted by molar-refractivity contribution is -0.119. The highest BCUT2D eigenvalue weighted by Crippen LogP contribution is 2.39. The molecule has 5 rings (SSSR count). The highest BCUT2D eigenvalue weighted by Gasteiger charge is 2.34. The quantitative estimate of drug-likeness (QED) is 0.526. The molecule has 1 aromatic carbocycles. The number of nitriles is 1. The Morgan fingerprint density at radius 2 is 2.05 bits per heavy atom. The van der Waals surface area contributed by atoms with Crippen LogP contribution in [0.15, 0.2) is 36.5 Å². The van der Waals surface area contributed by atoms with Crippen molar-refractivity contribution in [2.45, 2.75) is 51.5 Å². The first-order valence-corrected chi connectivity index (χ1v) is 12.9. The maximum Gasteiger partial charge on any atom is 0.269 e. The van der Waals surface area contributed by atoms with Crippen molar-refractivity contribution in [3.8, 4) is 6.07 Å². The van der Waals surface area contributed by atoms with Gasteiger partial charge in [0.05, 0.1) is 17.3 Å².